The maximum Gasteiger partial charge on any atom is 0.313 e. The molecule has 1 aromatic carbocycles. The molecule has 6 nitrogen and oxygen atoms in total. The molecule has 0 aromatic heterocycles. The number of ether oxygens (including phenoxy) is 1. The van der Waals surface area contributed by atoms with Crippen molar-refractivity contribution in [1.29, 1.82) is 0 Å². The van der Waals surface area contributed by atoms with Crippen LogP contribution in [-0.4, -0.2) is 49.0 Å². The van der Waals surface area contributed by atoms with E-state index in [1.807, 2.05) is 13.8 Å². The molecule has 0 saturated carbocycles. The fourth-order valence-electron chi connectivity index (χ4n) is 2.09. The van der Waals surface area contributed by atoms with Gasteiger partial charge in [0.15, 0.2) is 0 Å². The number of anilines is 1. The van der Waals surface area contributed by atoms with E-state index < -0.39 is 11.8 Å². The quantitative estimate of drug-likeness (QED) is 0.810. The number of hydrogen-bond acceptors (Lipinski definition) is 4. The number of carbonyl (C=O) groups excluding carboxylic acids is 2. The van der Waals surface area contributed by atoms with Gasteiger partial charge in [0.2, 0.25) is 0 Å². The molecule has 1 aliphatic heterocycles. The van der Waals surface area contributed by atoms with E-state index >= 15 is 0 Å². The van der Waals surface area contributed by atoms with Gasteiger partial charge in [-0.2, -0.15) is 0 Å². The average Bonchev–Trinajstić information content (AvgIpc) is 2.49. The highest BCUT2D eigenvalue weighted by Crippen LogP contribution is 2.17. The number of carbonyl (C=O) groups is 2. The van der Waals surface area contributed by atoms with Crippen LogP contribution < -0.4 is 15.4 Å². The summed E-state index contributed by atoms with van der Waals surface area (Å²) in [5.41, 5.74) is 0.583. The highest BCUT2D eigenvalue weighted by atomic mass is 16.5. The van der Waals surface area contributed by atoms with Gasteiger partial charge in [-0.25, -0.2) is 0 Å². The SMILES string of the molecule is CC(C)Oc1ccc(NC(=O)C(=O)N2CCNCC2)cc1. The summed E-state index contributed by atoms with van der Waals surface area (Å²) in [6, 6.07) is 6.98. The third kappa shape index (κ3) is 4.46. The maximum atomic E-state index is 12.0. The Hall–Kier alpha value is -2.08. The summed E-state index contributed by atoms with van der Waals surface area (Å²) in [7, 11) is 0. The Balaban J connectivity index is 1.91. The molecule has 1 aliphatic rings. The monoisotopic (exact) mass is 291 g/mol. The van der Waals surface area contributed by atoms with Gasteiger partial charge in [-0.1, -0.05) is 0 Å². The van der Waals surface area contributed by atoms with Crippen LogP contribution in [0.1, 0.15) is 13.8 Å². The van der Waals surface area contributed by atoms with Crippen LogP contribution in [0.4, 0.5) is 5.69 Å². The Labute approximate surface area is 124 Å². The number of amides is 2. The summed E-state index contributed by atoms with van der Waals surface area (Å²) < 4.78 is 5.52. The highest BCUT2D eigenvalue weighted by Gasteiger charge is 2.23. The third-order valence-electron chi connectivity index (χ3n) is 3.08. The van der Waals surface area contributed by atoms with Crippen LogP contribution in [0, 0.1) is 0 Å². The molecule has 1 aromatic rings. The summed E-state index contributed by atoms with van der Waals surface area (Å²) >= 11 is 0. The van der Waals surface area contributed by atoms with Gasteiger partial charge in [-0.3, -0.25) is 9.59 Å². The van der Waals surface area contributed by atoms with E-state index in [1.54, 1.807) is 29.2 Å². The second-order valence-corrected chi connectivity index (χ2v) is 5.19. The lowest BCUT2D eigenvalue weighted by Gasteiger charge is -2.26. The molecule has 21 heavy (non-hydrogen) atoms. The number of hydrogen-bond donors (Lipinski definition) is 2. The van der Waals surface area contributed by atoms with Crippen molar-refractivity contribution in [3.05, 3.63) is 24.3 Å². The number of nitrogens with one attached hydrogen (secondary N) is 2. The van der Waals surface area contributed by atoms with Crippen molar-refractivity contribution >= 4 is 17.5 Å². The van der Waals surface area contributed by atoms with Gasteiger partial charge in [0, 0.05) is 31.9 Å². The number of nitrogens with zero attached hydrogens (tertiary/aromatic N) is 1. The first-order valence-corrected chi connectivity index (χ1v) is 7.14. The van der Waals surface area contributed by atoms with Crippen molar-refractivity contribution in [1.82, 2.24) is 10.2 Å². The third-order valence-corrected chi connectivity index (χ3v) is 3.08. The van der Waals surface area contributed by atoms with E-state index in [1.165, 1.54) is 0 Å². The topological polar surface area (TPSA) is 70.7 Å². The minimum absolute atomic E-state index is 0.0970. The Morgan fingerprint density at radius 3 is 2.38 bits per heavy atom. The molecule has 0 radical (unpaired) electrons. The van der Waals surface area contributed by atoms with Crippen molar-refractivity contribution in [3.63, 3.8) is 0 Å². The van der Waals surface area contributed by atoms with Crippen LogP contribution in [0.15, 0.2) is 24.3 Å². The molecular formula is C15H21N3O3. The lowest BCUT2D eigenvalue weighted by molar-refractivity contribution is -0.143. The molecule has 2 rings (SSSR count). The smallest absolute Gasteiger partial charge is 0.313 e. The molecule has 2 amide bonds. The van der Waals surface area contributed by atoms with Crippen molar-refractivity contribution in [2.45, 2.75) is 20.0 Å². The van der Waals surface area contributed by atoms with Crippen molar-refractivity contribution < 1.29 is 14.3 Å². The molecule has 6 heteroatoms. The first kappa shape index (κ1) is 15.3. The summed E-state index contributed by atoms with van der Waals surface area (Å²) in [5.74, 6) is -0.357. The zero-order chi connectivity index (χ0) is 15.2. The first-order valence-electron chi connectivity index (χ1n) is 7.14. The molecule has 0 aliphatic carbocycles. The molecule has 114 valence electrons. The molecule has 0 atom stereocenters. The zero-order valence-corrected chi connectivity index (χ0v) is 12.4. The Morgan fingerprint density at radius 2 is 1.81 bits per heavy atom. The number of piperazine rings is 1. The second-order valence-electron chi connectivity index (χ2n) is 5.19. The molecule has 0 bridgehead atoms. The van der Waals surface area contributed by atoms with Crippen LogP contribution in [-0.2, 0) is 9.59 Å². The van der Waals surface area contributed by atoms with Crippen LogP contribution >= 0.6 is 0 Å². The van der Waals surface area contributed by atoms with Crippen LogP contribution in [0.3, 0.4) is 0 Å². The van der Waals surface area contributed by atoms with Crippen LogP contribution in [0.2, 0.25) is 0 Å². The maximum absolute atomic E-state index is 12.0. The Morgan fingerprint density at radius 1 is 1.19 bits per heavy atom. The largest absolute Gasteiger partial charge is 0.491 e. The highest BCUT2D eigenvalue weighted by molar-refractivity contribution is 6.39. The summed E-state index contributed by atoms with van der Waals surface area (Å²) in [4.78, 5) is 25.5. The molecule has 0 spiro atoms. The molecule has 1 saturated heterocycles. The van der Waals surface area contributed by atoms with Crippen molar-refractivity contribution in [2.75, 3.05) is 31.5 Å². The lowest BCUT2D eigenvalue weighted by Crippen LogP contribution is -2.49. The Bertz CT molecular complexity index is 493. The van der Waals surface area contributed by atoms with E-state index in [2.05, 4.69) is 10.6 Å². The molecular weight excluding hydrogens is 270 g/mol. The summed E-state index contributed by atoms with van der Waals surface area (Å²) in [6.45, 7) is 6.46. The van der Waals surface area contributed by atoms with E-state index in [-0.39, 0.29) is 6.10 Å². The lowest BCUT2D eigenvalue weighted by atomic mass is 10.3. The predicted octanol–water partition coefficient (Wildman–Crippen LogP) is 0.844. The van der Waals surface area contributed by atoms with Gasteiger partial charge in [0.05, 0.1) is 6.10 Å². The van der Waals surface area contributed by atoms with Gasteiger partial charge >= 0.3 is 11.8 Å². The van der Waals surface area contributed by atoms with Gasteiger partial charge in [0.1, 0.15) is 5.75 Å². The van der Waals surface area contributed by atoms with Gasteiger partial charge < -0.3 is 20.3 Å². The molecule has 1 fully saturated rings. The second kappa shape index (κ2) is 7.08. The van der Waals surface area contributed by atoms with E-state index in [0.29, 0.717) is 18.8 Å². The number of benzene rings is 1. The summed E-state index contributed by atoms with van der Waals surface area (Å²) in [5, 5.41) is 5.75. The van der Waals surface area contributed by atoms with E-state index in [9.17, 15) is 9.59 Å². The minimum Gasteiger partial charge on any atom is -0.491 e. The van der Waals surface area contributed by atoms with Crippen molar-refractivity contribution in [2.24, 2.45) is 0 Å². The van der Waals surface area contributed by atoms with Gasteiger partial charge in [0.25, 0.3) is 0 Å². The molecule has 2 N–H and O–H groups in total. The Kier molecular flexibility index (Phi) is 5.16. The fraction of sp³-hybridized carbons (Fsp3) is 0.467. The normalized spacial score (nSPS) is 14.9. The van der Waals surface area contributed by atoms with Crippen molar-refractivity contribution in [3.8, 4) is 5.75 Å². The average molecular weight is 291 g/mol. The van der Waals surface area contributed by atoms with Crippen LogP contribution in [0.25, 0.3) is 0 Å². The zero-order valence-electron chi connectivity index (χ0n) is 12.4. The van der Waals surface area contributed by atoms with Gasteiger partial charge in [-0.15, -0.1) is 0 Å². The predicted molar refractivity (Wildman–Crippen MR) is 80.3 cm³/mol. The van der Waals surface area contributed by atoms with Crippen LogP contribution in [0.5, 0.6) is 5.75 Å². The molecule has 1 heterocycles. The molecule has 0 unspecified atom stereocenters. The van der Waals surface area contributed by atoms with Gasteiger partial charge in [-0.05, 0) is 38.1 Å². The standard InChI is InChI=1S/C15H21N3O3/c1-11(2)21-13-5-3-12(4-6-13)17-14(19)15(20)18-9-7-16-8-10-18/h3-6,11,16H,7-10H2,1-2H3,(H,17,19). The summed E-state index contributed by atoms with van der Waals surface area (Å²) in [6.07, 6.45) is 0.0970. The number of rotatable bonds is 3. The van der Waals surface area contributed by atoms with E-state index in [4.69, 9.17) is 4.74 Å². The minimum atomic E-state index is -0.602. The fourth-order valence-corrected chi connectivity index (χ4v) is 2.09. The first-order chi connectivity index (χ1) is 10.1. The van der Waals surface area contributed by atoms with E-state index in [0.717, 1.165) is 18.8 Å².